The third-order valence-electron chi connectivity index (χ3n) is 1.92. The number of aliphatic imine (C=N–C) groups is 2. The molecule has 13 heavy (non-hydrogen) atoms. The van der Waals surface area contributed by atoms with Crippen molar-refractivity contribution in [2.24, 2.45) is 21.5 Å². The van der Waals surface area contributed by atoms with Crippen molar-refractivity contribution in [3.8, 4) is 0 Å². The summed E-state index contributed by atoms with van der Waals surface area (Å²) in [5.41, 5.74) is 10.6. The highest BCUT2D eigenvalue weighted by molar-refractivity contribution is 5.93. The van der Waals surface area contributed by atoms with Crippen LogP contribution in [0.3, 0.4) is 0 Å². The highest BCUT2D eigenvalue weighted by Gasteiger charge is 2.15. The summed E-state index contributed by atoms with van der Waals surface area (Å²) in [5.74, 6) is 0.763. The van der Waals surface area contributed by atoms with E-state index in [2.05, 4.69) is 14.9 Å². The fourth-order valence-electron chi connectivity index (χ4n) is 1.38. The molecule has 0 spiro atoms. The molecule has 5 heteroatoms. The summed E-state index contributed by atoms with van der Waals surface area (Å²) >= 11 is 0. The van der Waals surface area contributed by atoms with Crippen LogP contribution in [-0.4, -0.2) is 36.5 Å². The van der Waals surface area contributed by atoms with Gasteiger partial charge in [-0.05, 0) is 19.8 Å². The molecule has 1 fully saturated rings. The summed E-state index contributed by atoms with van der Waals surface area (Å²) in [5, 5.41) is 0. The zero-order chi connectivity index (χ0) is 9.68. The first-order chi connectivity index (χ1) is 6.24. The second kappa shape index (κ2) is 4.69. The molecule has 0 aliphatic carbocycles. The number of rotatable bonds is 1. The lowest BCUT2D eigenvalue weighted by Crippen LogP contribution is -2.32. The van der Waals surface area contributed by atoms with Crippen LogP contribution in [0.5, 0.6) is 0 Å². The minimum Gasteiger partial charge on any atom is -0.370 e. The largest absolute Gasteiger partial charge is 0.370 e. The normalized spacial score (nSPS) is 17.6. The van der Waals surface area contributed by atoms with Crippen molar-refractivity contribution in [2.45, 2.75) is 19.8 Å². The SMILES string of the molecule is CCN=C(N=C(N)N)N1CCCC1. The van der Waals surface area contributed by atoms with E-state index < -0.39 is 0 Å². The van der Waals surface area contributed by atoms with Crippen LogP contribution in [0.4, 0.5) is 0 Å². The third kappa shape index (κ3) is 2.93. The van der Waals surface area contributed by atoms with Crippen LogP contribution in [-0.2, 0) is 0 Å². The number of nitrogens with two attached hydrogens (primary N) is 2. The molecule has 0 aromatic rings. The Morgan fingerprint density at radius 2 is 1.92 bits per heavy atom. The van der Waals surface area contributed by atoms with E-state index in [0.717, 1.165) is 13.1 Å². The Bertz CT molecular complexity index is 211. The van der Waals surface area contributed by atoms with Crippen LogP contribution in [0.1, 0.15) is 19.8 Å². The first-order valence-corrected chi connectivity index (χ1v) is 4.63. The molecule has 0 amide bonds. The van der Waals surface area contributed by atoms with Crippen molar-refractivity contribution >= 4 is 11.9 Å². The van der Waals surface area contributed by atoms with Gasteiger partial charge in [0.2, 0.25) is 5.96 Å². The van der Waals surface area contributed by atoms with Gasteiger partial charge in [-0.15, -0.1) is 0 Å². The molecule has 0 radical (unpaired) electrons. The maximum atomic E-state index is 5.31. The van der Waals surface area contributed by atoms with E-state index >= 15 is 0 Å². The van der Waals surface area contributed by atoms with E-state index in [1.54, 1.807) is 0 Å². The molecule has 74 valence electrons. The maximum absolute atomic E-state index is 5.31. The summed E-state index contributed by atoms with van der Waals surface area (Å²) in [7, 11) is 0. The van der Waals surface area contributed by atoms with Gasteiger partial charge in [-0.1, -0.05) is 0 Å². The van der Waals surface area contributed by atoms with Gasteiger partial charge in [0.15, 0.2) is 5.96 Å². The average molecular weight is 183 g/mol. The van der Waals surface area contributed by atoms with Crippen LogP contribution >= 0.6 is 0 Å². The second-order valence-corrected chi connectivity index (χ2v) is 3.01. The summed E-state index contributed by atoms with van der Waals surface area (Å²) < 4.78 is 0. The third-order valence-corrected chi connectivity index (χ3v) is 1.92. The first-order valence-electron chi connectivity index (χ1n) is 4.63. The van der Waals surface area contributed by atoms with E-state index in [1.165, 1.54) is 12.8 Å². The summed E-state index contributed by atoms with van der Waals surface area (Å²) in [6.07, 6.45) is 2.39. The van der Waals surface area contributed by atoms with Crippen LogP contribution in [0, 0.1) is 0 Å². The van der Waals surface area contributed by atoms with Gasteiger partial charge in [-0.3, -0.25) is 4.99 Å². The monoisotopic (exact) mass is 183 g/mol. The van der Waals surface area contributed by atoms with Crippen molar-refractivity contribution in [3.05, 3.63) is 0 Å². The average Bonchev–Trinajstić information content (AvgIpc) is 2.54. The molecule has 1 heterocycles. The number of nitrogens with zero attached hydrogens (tertiary/aromatic N) is 3. The Hall–Kier alpha value is -1.26. The predicted molar refractivity (Wildman–Crippen MR) is 54.6 cm³/mol. The van der Waals surface area contributed by atoms with Crippen LogP contribution < -0.4 is 11.5 Å². The molecule has 0 unspecified atom stereocenters. The fourth-order valence-corrected chi connectivity index (χ4v) is 1.38. The van der Waals surface area contributed by atoms with E-state index in [9.17, 15) is 0 Å². The first kappa shape index (κ1) is 9.83. The van der Waals surface area contributed by atoms with Gasteiger partial charge in [0.1, 0.15) is 0 Å². The Kier molecular flexibility index (Phi) is 3.54. The predicted octanol–water partition coefficient (Wildman–Crippen LogP) is -0.268. The highest BCUT2D eigenvalue weighted by atomic mass is 15.3. The Morgan fingerprint density at radius 3 is 2.38 bits per heavy atom. The molecular weight excluding hydrogens is 166 g/mol. The molecular formula is C8H17N5. The van der Waals surface area contributed by atoms with E-state index in [0.29, 0.717) is 12.5 Å². The fraction of sp³-hybridized carbons (Fsp3) is 0.750. The lowest BCUT2D eigenvalue weighted by molar-refractivity contribution is 0.511. The Labute approximate surface area is 78.5 Å². The summed E-state index contributed by atoms with van der Waals surface area (Å²) in [6.45, 7) is 4.70. The van der Waals surface area contributed by atoms with Gasteiger partial charge >= 0.3 is 0 Å². The number of hydrogen-bond donors (Lipinski definition) is 2. The smallest absolute Gasteiger partial charge is 0.223 e. The van der Waals surface area contributed by atoms with Crippen LogP contribution in [0.15, 0.2) is 9.98 Å². The lowest BCUT2D eigenvalue weighted by atomic mass is 10.4. The topological polar surface area (TPSA) is 80.0 Å². The van der Waals surface area contributed by atoms with E-state index in [-0.39, 0.29) is 5.96 Å². The molecule has 0 aromatic heterocycles. The quantitative estimate of drug-likeness (QED) is 0.434. The van der Waals surface area contributed by atoms with Gasteiger partial charge < -0.3 is 16.4 Å². The van der Waals surface area contributed by atoms with Crippen molar-refractivity contribution in [1.82, 2.24) is 4.90 Å². The molecule has 1 rings (SSSR count). The molecule has 1 aliphatic heterocycles. The summed E-state index contributed by atoms with van der Waals surface area (Å²) in [6, 6.07) is 0. The van der Waals surface area contributed by atoms with E-state index in [1.807, 2.05) is 6.92 Å². The van der Waals surface area contributed by atoms with Gasteiger partial charge in [0.25, 0.3) is 0 Å². The number of hydrogen-bond acceptors (Lipinski definition) is 1. The minimum atomic E-state index is 0.0825. The standard InChI is InChI=1S/C8H17N5/c1-2-11-8(12-7(9)10)13-5-3-4-6-13/h2-6H2,1H3,(H4,9,10,11,12). The van der Waals surface area contributed by atoms with Gasteiger partial charge in [-0.2, -0.15) is 4.99 Å². The maximum Gasteiger partial charge on any atom is 0.223 e. The molecule has 0 saturated carbocycles. The highest BCUT2D eigenvalue weighted by Crippen LogP contribution is 2.08. The van der Waals surface area contributed by atoms with Crippen molar-refractivity contribution < 1.29 is 0 Å². The Morgan fingerprint density at radius 1 is 1.31 bits per heavy atom. The van der Waals surface area contributed by atoms with Crippen LogP contribution in [0.25, 0.3) is 0 Å². The Balaban J connectivity index is 2.67. The number of likely N-dealkylation sites (tertiary alicyclic amines) is 1. The number of guanidine groups is 2. The lowest BCUT2D eigenvalue weighted by Gasteiger charge is -2.15. The van der Waals surface area contributed by atoms with Gasteiger partial charge in [-0.25, -0.2) is 0 Å². The molecule has 4 N–H and O–H groups in total. The molecule has 0 aromatic carbocycles. The summed E-state index contributed by atoms with van der Waals surface area (Å²) in [4.78, 5) is 10.4. The molecule has 5 nitrogen and oxygen atoms in total. The van der Waals surface area contributed by atoms with Crippen molar-refractivity contribution in [3.63, 3.8) is 0 Å². The van der Waals surface area contributed by atoms with Crippen molar-refractivity contribution in [1.29, 1.82) is 0 Å². The molecule has 1 aliphatic rings. The molecule has 0 bridgehead atoms. The second-order valence-electron chi connectivity index (χ2n) is 3.01. The van der Waals surface area contributed by atoms with Crippen LogP contribution in [0.2, 0.25) is 0 Å². The van der Waals surface area contributed by atoms with Gasteiger partial charge in [0, 0.05) is 19.6 Å². The van der Waals surface area contributed by atoms with Gasteiger partial charge in [0.05, 0.1) is 0 Å². The molecule has 1 saturated heterocycles. The van der Waals surface area contributed by atoms with Crippen molar-refractivity contribution in [2.75, 3.05) is 19.6 Å². The zero-order valence-corrected chi connectivity index (χ0v) is 8.03. The molecule has 0 atom stereocenters. The zero-order valence-electron chi connectivity index (χ0n) is 8.03. The minimum absolute atomic E-state index is 0.0825. The van der Waals surface area contributed by atoms with E-state index in [4.69, 9.17) is 11.5 Å².